The number of phenolic OH excluding ortho intramolecular Hbond substituents is 1. The lowest BCUT2D eigenvalue weighted by Crippen LogP contribution is -2.39. The molecule has 0 fully saturated rings. The fraction of sp³-hybridized carbons (Fsp3) is 0.417. The minimum atomic E-state index is -0.346. The molecule has 3 N–H and O–H groups in total. The summed E-state index contributed by atoms with van der Waals surface area (Å²) >= 11 is 0. The predicted octanol–water partition coefficient (Wildman–Crippen LogP) is 3.28. The van der Waals surface area contributed by atoms with E-state index in [0.29, 0.717) is 24.3 Å². The Morgan fingerprint density at radius 3 is 2.34 bits per heavy atom. The molecule has 0 saturated carbocycles. The van der Waals surface area contributed by atoms with E-state index in [2.05, 4.69) is 12.2 Å². The summed E-state index contributed by atoms with van der Waals surface area (Å²) in [6, 6.07) is 14.0. The molecule has 1 aliphatic heterocycles. The number of anilines is 1. The van der Waals surface area contributed by atoms with Crippen molar-refractivity contribution in [3.63, 3.8) is 0 Å². The number of hydrogen-bond donors (Lipinski definition) is 3. The Balaban J connectivity index is 0.000000390. The SMILES string of the molecule is CCCCNB(C)O.CCCN1CC(=O)N(Cc2ccc(O)cc2)c2ccccc2C1=O. The van der Waals surface area contributed by atoms with Gasteiger partial charge in [0.2, 0.25) is 5.91 Å². The maximum atomic E-state index is 12.8. The van der Waals surface area contributed by atoms with Crippen molar-refractivity contribution in [1.82, 2.24) is 10.1 Å². The van der Waals surface area contributed by atoms with Gasteiger partial charge < -0.3 is 25.2 Å². The molecular formula is C24H34BN3O4. The molecule has 0 unspecified atom stereocenters. The van der Waals surface area contributed by atoms with Gasteiger partial charge in [-0.2, -0.15) is 0 Å². The van der Waals surface area contributed by atoms with Crippen LogP contribution in [0.5, 0.6) is 5.75 Å². The van der Waals surface area contributed by atoms with E-state index in [9.17, 15) is 14.7 Å². The molecule has 32 heavy (non-hydrogen) atoms. The summed E-state index contributed by atoms with van der Waals surface area (Å²) in [5, 5.41) is 21.0. The first-order valence-electron chi connectivity index (χ1n) is 11.2. The van der Waals surface area contributed by atoms with Crippen molar-refractivity contribution in [3.8, 4) is 5.75 Å². The number of nitrogens with one attached hydrogen (secondary N) is 1. The van der Waals surface area contributed by atoms with E-state index in [0.717, 1.165) is 24.9 Å². The zero-order valence-corrected chi connectivity index (χ0v) is 19.3. The van der Waals surface area contributed by atoms with Gasteiger partial charge in [-0.3, -0.25) is 9.59 Å². The molecule has 2 amide bonds. The van der Waals surface area contributed by atoms with Crippen molar-refractivity contribution in [2.45, 2.75) is 46.5 Å². The lowest BCUT2D eigenvalue weighted by atomic mass is 9.89. The molecule has 2 aromatic rings. The van der Waals surface area contributed by atoms with Gasteiger partial charge in [-0.05, 0) is 56.0 Å². The van der Waals surface area contributed by atoms with Crippen LogP contribution >= 0.6 is 0 Å². The minimum absolute atomic E-state index is 0.0828. The van der Waals surface area contributed by atoms with Gasteiger partial charge in [-0.15, -0.1) is 0 Å². The fourth-order valence-corrected chi connectivity index (χ4v) is 3.41. The van der Waals surface area contributed by atoms with Gasteiger partial charge in [0.05, 0.1) is 17.8 Å². The van der Waals surface area contributed by atoms with Gasteiger partial charge in [0.15, 0.2) is 0 Å². The van der Waals surface area contributed by atoms with Gasteiger partial charge in [0.25, 0.3) is 5.91 Å². The van der Waals surface area contributed by atoms with Crippen molar-refractivity contribution in [2.75, 3.05) is 24.5 Å². The predicted molar refractivity (Wildman–Crippen MR) is 129 cm³/mol. The molecule has 0 radical (unpaired) electrons. The largest absolute Gasteiger partial charge is 0.508 e. The highest BCUT2D eigenvalue weighted by molar-refractivity contribution is 6.45. The monoisotopic (exact) mass is 439 g/mol. The molecule has 3 rings (SSSR count). The number of hydrogen-bond acceptors (Lipinski definition) is 5. The van der Waals surface area contributed by atoms with E-state index in [1.54, 1.807) is 53.0 Å². The molecule has 1 heterocycles. The normalized spacial score (nSPS) is 13.2. The number of unbranched alkanes of at least 4 members (excludes halogenated alkanes) is 1. The molecule has 8 heteroatoms. The molecule has 0 atom stereocenters. The second-order valence-electron chi connectivity index (χ2n) is 7.87. The standard InChI is InChI=1S/C19H20N2O3.C5H14BNO/c1-2-11-20-13-18(23)21(12-14-7-9-15(22)10-8-14)17-6-4-3-5-16(17)19(20)24;1-3-4-5-7-6(2)8/h3-10,22H,2,11-13H2,1H3;7-8H,3-5H2,1-2H3. The Morgan fingerprint density at radius 1 is 1.03 bits per heavy atom. The minimum Gasteiger partial charge on any atom is -0.508 e. The third-order valence-electron chi connectivity index (χ3n) is 5.08. The third kappa shape index (κ3) is 7.39. The maximum Gasteiger partial charge on any atom is 0.373 e. The summed E-state index contributed by atoms with van der Waals surface area (Å²) < 4.78 is 0. The van der Waals surface area contributed by atoms with E-state index >= 15 is 0 Å². The van der Waals surface area contributed by atoms with Gasteiger partial charge in [-0.1, -0.05) is 44.5 Å². The lowest BCUT2D eigenvalue weighted by molar-refractivity contribution is -0.119. The summed E-state index contributed by atoms with van der Waals surface area (Å²) in [7, 11) is -0.346. The quantitative estimate of drug-likeness (QED) is 0.434. The van der Waals surface area contributed by atoms with E-state index in [-0.39, 0.29) is 31.2 Å². The first kappa shape index (κ1) is 25.4. The summed E-state index contributed by atoms with van der Waals surface area (Å²) in [6.07, 6.45) is 3.13. The van der Waals surface area contributed by atoms with Crippen LogP contribution in [0.4, 0.5) is 5.69 Å². The van der Waals surface area contributed by atoms with E-state index in [1.165, 1.54) is 6.42 Å². The molecule has 0 saturated heterocycles. The zero-order valence-electron chi connectivity index (χ0n) is 19.3. The van der Waals surface area contributed by atoms with Gasteiger partial charge in [-0.25, -0.2) is 0 Å². The second-order valence-corrected chi connectivity index (χ2v) is 7.87. The number of benzene rings is 2. The molecular weight excluding hydrogens is 405 g/mol. The number of para-hydroxylation sites is 1. The molecule has 0 spiro atoms. The molecule has 0 bridgehead atoms. The second kappa shape index (κ2) is 12.9. The average Bonchev–Trinajstić information content (AvgIpc) is 2.87. The summed E-state index contributed by atoms with van der Waals surface area (Å²) in [5.41, 5.74) is 2.09. The summed E-state index contributed by atoms with van der Waals surface area (Å²) in [4.78, 5) is 28.7. The topological polar surface area (TPSA) is 93.1 Å². The van der Waals surface area contributed by atoms with Crippen LogP contribution < -0.4 is 10.1 Å². The van der Waals surface area contributed by atoms with Crippen LogP contribution in [-0.2, 0) is 11.3 Å². The smallest absolute Gasteiger partial charge is 0.373 e. The molecule has 0 aliphatic carbocycles. The van der Waals surface area contributed by atoms with E-state index < -0.39 is 0 Å². The Kier molecular flexibility index (Phi) is 10.2. The first-order chi connectivity index (χ1) is 15.4. The van der Waals surface area contributed by atoms with E-state index in [1.807, 2.05) is 19.1 Å². The van der Waals surface area contributed by atoms with Crippen molar-refractivity contribution >= 4 is 24.6 Å². The summed E-state index contributed by atoms with van der Waals surface area (Å²) in [6.45, 7) is 7.78. The Bertz CT molecular complexity index is 874. The van der Waals surface area contributed by atoms with Gasteiger partial charge in [0, 0.05) is 6.54 Å². The zero-order chi connectivity index (χ0) is 23.5. The van der Waals surface area contributed by atoms with Crippen molar-refractivity contribution in [1.29, 1.82) is 0 Å². The van der Waals surface area contributed by atoms with Crippen LogP contribution in [-0.4, -0.2) is 53.5 Å². The van der Waals surface area contributed by atoms with Crippen LogP contribution in [0.3, 0.4) is 0 Å². The third-order valence-corrected chi connectivity index (χ3v) is 5.08. The molecule has 172 valence electrons. The van der Waals surface area contributed by atoms with Gasteiger partial charge >= 0.3 is 7.05 Å². The highest BCUT2D eigenvalue weighted by atomic mass is 16.3. The number of nitrogens with zero attached hydrogens (tertiary/aromatic N) is 2. The van der Waals surface area contributed by atoms with Crippen LogP contribution in [0.25, 0.3) is 0 Å². The first-order valence-corrected chi connectivity index (χ1v) is 11.2. The number of carbonyl (C=O) groups excluding carboxylic acids is 2. The number of amides is 2. The molecule has 0 aromatic heterocycles. The maximum absolute atomic E-state index is 12.8. The van der Waals surface area contributed by atoms with Gasteiger partial charge in [0.1, 0.15) is 12.3 Å². The Morgan fingerprint density at radius 2 is 1.72 bits per heavy atom. The van der Waals surface area contributed by atoms with Crippen molar-refractivity contribution in [2.24, 2.45) is 0 Å². The Hall–Kier alpha value is -2.84. The number of aromatic hydroxyl groups is 1. The molecule has 7 nitrogen and oxygen atoms in total. The van der Waals surface area contributed by atoms with Crippen LogP contribution in [0, 0.1) is 0 Å². The van der Waals surface area contributed by atoms with Crippen LogP contribution in [0.1, 0.15) is 49.0 Å². The number of fused-ring (bicyclic) bond motifs is 1. The Labute approximate surface area is 191 Å². The fourth-order valence-electron chi connectivity index (χ4n) is 3.41. The number of rotatable bonds is 8. The van der Waals surface area contributed by atoms with Crippen LogP contribution in [0.2, 0.25) is 6.82 Å². The highest BCUT2D eigenvalue weighted by Gasteiger charge is 2.30. The highest BCUT2D eigenvalue weighted by Crippen LogP contribution is 2.27. The number of carbonyl (C=O) groups is 2. The van der Waals surface area contributed by atoms with Crippen molar-refractivity contribution in [3.05, 3.63) is 59.7 Å². The lowest BCUT2D eigenvalue weighted by Gasteiger charge is -2.23. The molecule has 2 aromatic carbocycles. The molecule has 1 aliphatic rings. The van der Waals surface area contributed by atoms with E-state index in [4.69, 9.17) is 5.02 Å². The summed E-state index contributed by atoms with van der Waals surface area (Å²) in [5.74, 6) is -0.0190. The average molecular weight is 439 g/mol. The van der Waals surface area contributed by atoms with Crippen molar-refractivity contribution < 1.29 is 19.7 Å². The van der Waals surface area contributed by atoms with Crippen LogP contribution in [0.15, 0.2) is 48.5 Å². The number of phenols is 1.